The van der Waals surface area contributed by atoms with Gasteiger partial charge in [-0.3, -0.25) is 0 Å². The minimum absolute atomic E-state index is 0. The maximum atomic E-state index is 13.8. The fourth-order valence-corrected chi connectivity index (χ4v) is 4.00. The van der Waals surface area contributed by atoms with Gasteiger partial charge in [-0.2, -0.15) is 12.7 Å². The third-order valence-electron chi connectivity index (χ3n) is 4.20. The SMILES string of the molecule is COCC1(CNS(=O)(=O)N(C)Cc2c(F)cccc2Cl)CCCN1.Cl. The number of nitrogens with one attached hydrogen (secondary N) is 2. The van der Waals surface area contributed by atoms with Crippen LogP contribution in [0.25, 0.3) is 0 Å². The molecule has 0 saturated carbocycles. The Hall–Kier alpha value is -0.480. The van der Waals surface area contributed by atoms with Gasteiger partial charge >= 0.3 is 0 Å². The number of benzene rings is 1. The molecule has 1 atom stereocenters. The van der Waals surface area contributed by atoms with Crippen LogP contribution in [0.15, 0.2) is 18.2 Å². The first-order valence-corrected chi connectivity index (χ1v) is 9.49. The Morgan fingerprint density at radius 2 is 2.20 bits per heavy atom. The number of rotatable bonds is 8. The van der Waals surface area contributed by atoms with Gasteiger partial charge in [-0.25, -0.2) is 9.11 Å². The van der Waals surface area contributed by atoms with Crippen LogP contribution < -0.4 is 10.0 Å². The Balaban J connectivity index is 0.00000312. The summed E-state index contributed by atoms with van der Waals surface area (Å²) in [6.07, 6.45) is 1.79. The molecular weight excluding hydrogens is 392 g/mol. The van der Waals surface area contributed by atoms with Crippen molar-refractivity contribution in [1.82, 2.24) is 14.3 Å². The molecule has 1 fully saturated rings. The Kier molecular flexibility index (Phi) is 8.53. The van der Waals surface area contributed by atoms with E-state index in [9.17, 15) is 12.8 Å². The first kappa shape index (κ1) is 22.6. The summed E-state index contributed by atoms with van der Waals surface area (Å²) in [4.78, 5) is 0. The molecule has 0 radical (unpaired) electrons. The van der Waals surface area contributed by atoms with E-state index in [4.69, 9.17) is 16.3 Å². The summed E-state index contributed by atoms with van der Waals surface area (Å²) in [6, 6.07) is 4.27. The van der Waals surface area contributed by atoms with E-state index in [0.29, 0.717) is 6.61 Å². The molecule has 144 valence electrons. The lowest BCUT2D eigenvalue weighted by atomic mass is 9.99. The zero-order valence-corrected chi connectivity index (χ0v) is 16.6. The average molecular weight is 416 g/mol. The van der Waals surface area contributed by atoms with E-state index in [-0.39, 0.29) is 36.1 Å². The fourth-order valence-electron chi connectivity index (χ4n) is 2.80. The third-order valence-corrected chi connectivity index (χ3v) is 6.01. The first-order valence-electron chi connectivity index (χ1n) is 7.67. The van der Waals surface area contributed by atoms with Crippen LogP contribution in [0.2, 0.25) is 5.02 Å². The predicted octanol–water partition coefficient (Wildman–Crippen LogP) is 1.94. The van der Waals surface area contributed by atoms with Gasteiger partial charge in [0.2, 0.25) is 0 Å². The average Bonchev–Trinajstić information content (AvgIpc) is 2.98. The summed E-state index contributed by atoms with van der Waals surface area (Å²) in [5, 5.41) is 3.50. The van der Waals surface area contributed by atoms with Crippen LogP contribution in [-0.2, 0) is 21.5 Å². The van der Waals surface area contributed by atoms with Crippen molar-refractivity contribution in [1.29, 1.82) is 0 Å². The highest BCUT2D eigenvalue weighted by atomic mass is 35.5. The molecule has 1 aliphatic rings. The van der Waals surface area contributed by atoms with Gasteiger partial charge in [0, 0.05) is 37.8 Å². The van der Waals surface area contributed by atoms with Crippen molar-refractivity contribution < 1.29 is 17.5 Å². The van der Waals surface area contributed by atoms with Crippen LogP contribution >= 0.6 is 24.0 Å². The van der Waals surface area contributed by atoms with Crippen LogP contribution in [0.5, 0.6) is 0 Å². The maximum absolute atomic E-state index is 13.8. The quantitative estimate of drug-likeness (QED) is 0.680. The Bertz CT molecular complexity index is 650. The number of nitrogens with zero attached hydrogens (tertiary/aromatic N) is 1. The zero-order chi connectivity index (χ0) is 17.8. The topological polar surface area (TPSA) is 70.7 Å². The number of hydrogen-bond acceptors (Lipinski definition) is 4. The standard InChI is InChI=1S/C15H23ClFN3O3S.ClH/c1-20(9-12-13(16)5-3-6-14(12)17)24(21,22)19-10-15(11-23-2)7-4-8-18-15;/h3,5-6,18-19H,4,7-11H2,1-2H3;1H. The lowest BCUT2D eigenvalue weighted by molar-refractivity contribution is 0.122. The van der Waals surface area contributed by atoms with Crippen molar-refractivity contribution in [2.75, 3.05) is 33.9 Å². The highest BCUT2D eigenvalue weighted by Crippen LogP contribution is 2.22. The van der Waals surface area contributed by atoms with Crippen LogP contribution in [0, 0.1) is 5.82 Å². The second kappa shape index (κ2) is 9.45. The molecule has 1 unspecified atom stereocenters. The van der Waals surface area contributed by atoms with E-state index in [0.717, 1.165) is 23.7 Å². The molecule has 0 bridgehead atoms. The van der Waals surface area contributed by atoms with Gasteiger partial charge in [0.05, 0.1) is 12.1 Å². The number of ether oxygens (including phenoxy) is 1. The molecule has 25 heavy (non-hydrogen) atoms. The van der Waals surface area contributed by atoms with E-state index in [1.165, 1.54) is 25.2 Å². The Morgan fingerprint density at radius 1 is 1.48 bits per heavy atom. The highest BCUT2D eigenvalue weighted by Gasteiger charge is 2.35. The van der Waals surface area contributed by atoms with E-state index >= 15 is 0 Å². The molecule has 1 aromatic carbocycles. The van der Waals surface area contributed by atoms with Gasteiger partial charge in [0.25, 0.3) is 10.2 Å². The summed E-state index contributed by atoms with van der Waals surface area (Å²) < 4.78 is 47.5. The normalized spacial score (nSPS) is 20.7. The number of halogens is 3. The summed E-state index contributed by atoms with van der Waals surface area (Å²) in [5.41, 5.74) is -0.254. The largest absolute Gasteiger partial charge is 0.383 e. The van der Waals surface area contributed by atoms with Crippen molar-refractivity contribution in [2.45, 2.75) is 24.9 Å². The van der Waals surface area contributed by atoms with Crippen molar-refractivity contribution in [3.63, 3.8) is 0 Å². The minimum Gasteiger partial charge on any atom is -0.383 e. The highest BCUT2D eigenvalue weighted by molar-refractivity contribution is 7.87. The molecule has 10 heteroatoms. The van der Waals surface area contributed by atoms with Gasteiger partial charge in [0.1, 0.15) is 5.82 Å². The summed E-state index contributed by atoms with van der Waals surface area (Å²) in [7, 11) is -0.802. The molecular formula is C15H24Cl2FN3O3S. The summed E-state index contributed by atoms with van der Waals surface area (Å²) in [5.74, 6) is -0.530. The Labute approximate surface area is 159 Å². The molecule has 1 saturated heterocycles. The maximum Gasteiger partial charge on any atom is 0.279 e. The smallest absolute Gasteiger partial charge is 0.279 e. The molecule has 1 aromatic rings. The van der Waals surface area contributed by atoms with Gasteiger partial charge in [-0.05, 0) is 31.5 Å². The second-order valence-electron chi connectivity index (χ2n) is 6.03. The summed E-state index contributed by atoms with van der Waals surface area (Å²) >= 11 is 5.96. The van der Waals surface area contributed by atoms with Gasteiger partial charge < -0.3 is 10.1 Å². The lowest BCUT2D eigenvalue weighted by Crippen LogP contribution is -2.54. The van der Waals surface area contributed by atoms with Crippen LogP contribution in [0.3, 0.4) is 0 Å². The van der Waals surface area contributed by atoms with Gasteiger partial charge in [-0.15, -0.1) is 12.4 Å². The van der Waals surface area contributed by atoms with E-state index in [1.807, 2.05) is 0 Å². The molecule has 0 spiro atoms. The van der Waals surface area contributed by atoms with E-state index in [2.05, 4.69) is 10.0 Å². The third kappa shape index (κ3) is 5.75. The molecule has 6 nitrogen and oxygen atoms in total. The first-order chi connectivity index (χ1) is 11.3. The zero-order valence-electron chi connectivity index (χ0n) is 14.2. The molecule has 0 aliphatic carbocycles. The number of hydrogen-bond donors (Lipinski definition) is 2. The van der Waals surface area contributed by atoms with E-state index < -0.39 is 21.6 Å². The van der Waals surface area contributed by atoms with Crippen molar-refractivity contribution in [3.05, 3.63) is 34.6 Å². The van der Waals surface area contributed by atoms with E-state index in [1.54, 1.807) is 7.11 Å². The van der Waals surface area contributed by atoms with Gasteiger partial charge in [0.15, 0.2) is 0 Å². The van der Waals surface area contributed by atoms with Crippen LogP contribution in [-0.4, -0.2) is 52.1 Å². The second-order valence-corrected chi connectivity index (χ2v) is 8.30. The minimum atomic E-state index is -3.77. The molecule has 0 amide bonds. The lowest BCUT2D eigenvalue weighted by Gasteiger charge is -2.30. The van der Waals surface area contributed by atoms with Crippen LogP contribution in [0.1, 0.15) is 18.4 Å². The number of methoxy groups -OCH3 is 1. The monoisotopic (exact) mass is 415 g/mol. The Morgan fingerprint density at radius 3 is 2.76 bits per heavy atom. The molecule has 1 heterocycles. The van der Waals surface area contributed by atoms with Gasteiger partial charge in [-0.1, -0.05) is 17.7 Å². The van der Waals surface area contributed by atoms with Crippen molar-refractivity contribution in [2.24, 2.45) is 0 Å². The van der Waals surface area contributed by atoms with Crippen molar-refractivity contribution in [3.8, 4) is 0 Å². The molecule has 0 aromatic heterocycles. The molecule has 1 aliphatic heterocycles. The molecule has 2 N–H and O–H groups in total. The summed E-state index contributed by atoms with van der Waals surface area (Å²) in [6.45, 7) is 1.30. The van der Waals surface area contributed by atoms with Crippen molar-refractivity contribution >= 4 is 34.2 Å². The predicted molar refractivity (Wildman–Crippen MR) is 98.9 cm³/mol. The fraction of sp³-hybridized carbons (Fsp3) is 0.600. The van der Waals surface area contributed by atoms with Crippen LogP contribution in [0.4, 0.5) is 4.39 Å². The molecule has 2 rings (SSSR count).